The molecule has 0 spiro atoms. The van der Waals surface area contributed by atoms with Gasteiger partial charge in [0.25, 0.3) is 0 Å². The van der Waals surface area contributed by atoms with E-state index in [2.05, 4.69) is 0 Å². The van der Waals surface area contributed by atoms with Gasteiger partial charge in [-0.25, -0.2) is 0 Å². The summed E-state index contributed by atoms with van der Waals surface area (Å²) in [6, 6.07) is 10.9. The minimum atomic E-state index is -1.71. The maximum atomic E-state index is 11.5. The maximum absolute atomic E-state index is 11.5. The molecule has 4 fully saturated rings. The molecule has 4 heterocycles. The molecule has 0 saturated carbocycles. The molecule has 51 heavy (non-hydrogen) atoms. The van der Waals surface area contributed by atoms with Gasteiger partial charge in [-0.15, -0.1) is 0 Å². The maximum Gasteiger partial charge on any atom is 0.302 e. The zero-order chi connectivity index (χ0) is 36.6. The lowest BCUT2D eigenvalue weighted by Crippen LogP contribution is -2.64. The van der Waals surface area contributed by atoms with Crippen LogP contribution in [0.1, 0.15) is 37.2 Å². The molecule has 0 bridgehead atoms. The van der Waals surface area contributed by atoms with Gasteiger partial charge in [0.2, 0.25) is 6.29 Å². The Bertz CT molecular complexity index is 1510. The summed E-state index contributed by atoms with van der Waals surface area (Å²) in [6.07, 6.45) is -15.3. The van der Waals surface area contributed by atoms with Crippen molar-refractivity contribution in [3.8, 4) is 23.0 Å². The van der Waals surface area contributed by atoms with E-state index in [1.54, 1.807) is 26.4 Å². The van der Waals surface area contributed by atoms with Crippen LogP contribution >= 0.6 is 0 Å². The second-order valence-electron chi connectivity index (χ2n) is 13.1. The summed E-state index contributed by atoms with van der Waals surface area (Å²) in [5.74, 6) is 1.18. The highest BCUT2D eigenvalue weighted by Gasteiger charge is 2.52. The monoisotopic (exact) mass is 722 g/mol. The van der Waals surface area contributed by atoms with Crippen molar-refractivity contribution in [1.82, 2.24) is 0 Å². The van der Waals surface area contributed by atoms with Crippen LogP contribution in [0.25, 0.3) is 0 Å². The first-order valence-corrected chi connectivity index (χ1v) is 16.8. The molecule has 0 aliphatic carbocycles. The van der Waals surface area contributed by atoms with Crippen molar-refractivity contribution in [2.75, 3.05) is 41.2 Å². The fraction of sp³-hybridized carbons (Fsp3) is 0.629. The van der Waals surface area contributed by atoms with Crippen molar-refractivity contribution in [3.63, 3.8) is 0 Å². The Labute approximate surface area is 294 Å². The molecular formula is C35H46O16. The van der Waals surface area contributed by atoms with Crippen molar-refractivity contribution < 1.29 is 77.7 Å². The number of hydrogen-bond acceptors (Lipinski definition) is 16. The van der Waals surface area contributed by atoms with Crippen LogP contribution in [0.5, 0.6) is 23.0 Å². The quantitative estimate of drug-likeness (QED) is 0.199. The van der Waals surface area contributed by atoms with Crippen LogP contribution in [0.4, 0.5) is 0 Å². The fourth-order valence-corrected chi connectivity index (χ4v) is 7.11. The highest BCUT2D eigenvalue weighted by atomic mass is 16.8. The molecule has 4 aliphatic rings. The Hall–Kier alpha value is -3.29. The highest BCUT2D eigenvalue weighted by molar-refractivity contribution is 5.65. The summed E-state index contributed by atoms with van der Waals surface area (Å²) >= 11 is 0. The number of esters is 1. The summed E-state index contributed by atoms with van der Waals surface area (Å²) in [4.78, 5) is 11.5. The zero-order valence-electron chi connectivity index (χ0n) is 28.9. The molecular weight excluding hydrogens is 676 g/mol. The van der Waals surface area contributed by atoms with E-state index in [0.717, 1.165) is 11.1 Å². The minimum absolute atomic E-state index is 0.0379. The SMILES string of the molecule is COc1ccc(C2OCC3C(c4ccc(O[C@@H]5O[C@H](COC(C)=O)[C@@H](O)[C@H](O)[C@H]5O[C@@H]5O[C@@H](C)[C@H](O)[C@@H](O)[C@H]5O)c(OC)c4)OCC23)cc1OC. The number of rotatable bonds is 11. The topological polar surface area (TPSA) is 211 Å². The molecule has 16 nitrogen and oxygen atoms in total. The largest absolute Gasteiger partial charge is 0.493 e. The molecule has 6 rings (SSSR count). The van der Waals surface area contributed by atoms with Gasteiger partial charge >= 0.3 is 5.97 Å². The van der Waals surface area contributed by atoms with Crippen molar-refractivity contribution in [3.05, 3.63) is 47.5 Å². The van der Waals surface area contributed by atoms with Crippen LogP contribution in [0, 0.1) is 11.8 Å². The second kappa shape index (κ2) is 15.8. The van der Waals surface area contributed by atoms with Crippen LogP contribution in [0.2, 0.25) is 0 Å². The molecule has 4 aliphatic heterocycles. The van der Waals surface area contributed by atoms with E-state index < -0.39 is 74.0 Å². The molecule has 0 aromatic heterocycles. The van der Waals surface area contributed by atoms with Crippen molar-refractivity contribution >= 4 is 5.97 Å². The Kier molecular flexibility index (Phi) is 11.6. The van der Waals surface area contributed by atoms with Crippen LogP contribution in [0.15, 0.2) is 36.4 Å². The van der Waals surface area contributed by atoms with Gasteiger partial charge in [0, 0.05) is 18.8 Å². The van der Waals surface area contributed by atoms with Gasteiger partial charge in [0.05, 0.1) is 52.9 Å². The fourth-order valence-electron chi connectivity index (χ4n) is 7.11. The van der Waals surface area contributed by atoms with Crippen LogP contribution < -0.4 is 18.9 Å². The average Bonchev–Trinajstić information content (AvgIpc) is 3.74. The minimum Gasteiger partial charge on any atom is -0.493 e. The average molecular weight is 723 g/mol. The highest BCUT2D eigenvalue weighted by Crippen LogP contribution is 2.51. The van der Waals surface area contributed by atoms with Gasteiger partial charge in [-0.2, -0.15) is 0 Å². The first-order chi connectivity index (χ1) is 24.4. The summed E-state index contributed by atoms with van der Waals surface area (Å²) in [5.41, 5.74) is 1.77. The number of carbonyl (C=O) groups is 1. The standard InChI is InChI=1S/C35H46O16/c1-15-26(37)28(39)30(41)34(48-15)51-33-29(40)27(38)25(14-45-16(2)36)50-35(33)49-22-9-7-18(11-24(22)44-5)32-20-13-46-31(19(20)12-47-32)17-6-8-21(42-3)23(10-17)43-4/h6-11,15,19-20,25-35,37-41H,12-14H2,1-5H3/t15-,19?,20?,25+,26-,27+,28+,29-,30+,31?,32?,33+,34-,35+/m0/s1. The molecule has 16 heteroatoms. The number of methoxy groups -OCH3 is 3. The zero-order valence-corrected chi connectivity index (χ0v) is 28.9. The number of hydrogen-bond donors (Lipinski definition) is 5. The summed E-state index contributed by atoms with van der Waals surface area (Å²) < 4.78 is 57.8. The van der Waals surface area contributed by atoms with Crippen molar-refractivity contribution in [2.24, 2.45) is 11.8 Å². The van der Waals surface area contributed by atoms with Crippen molar-refractivity contribution in [1.29, 1.82) is 0 Å². The molecule has 0 amide bonds. The number of ether oxygens (including phenoxy) is 10. The first kappa shape index (κ1) is 37.5. The summed E-state index contributed by atoms with van der Waals surface area (Å²) in [5, 5.41) is 53.1. The van der Waals surface area contributed by atoms with E-state index in [1.807, 2.05) is 24.3 Å². The number of fused-ring (bicyclic) bond motifs is 1. The third kappa shape index (κ3) is 7.48. The number of aliphatic hydroxyl groups is 5. The molecule has 2 aromatic carbocycles. The smallest absolute Gasteiger partial charge is 0.302 e. The predicted octanol–water partition coefficient (Wildman–Crippen LogP) is 0.389. The van der Waals surface area contributed by atoms with Crippen LogP contribution in [-0.4, -0.2) is 134 Å². The van der Waals surface area contributed by atoms with Gasteiger partial charge in [-0.3, -0.25) is 4.79 Å². The van der Waals surface area contributed by atoms with Gasteiger partial charge in [0.1, 0.15) is 43.2 Å². The predicted molar refractivity (Wildman–Crippen MR) is 172 cm³/mol. The van der Waals surface area contributed by atoms with Gasteiger partial charge in [-0.05, 0) is 42.3 Å². The Balaban J connectivity index is 1.21. The van der Waals surface area contributed by atoms with E-state index in [9.17, 15) is 30.3 Å². The molecule has 5 N–H and O–H groups in total. The Morgan fingerprint density at radius 3 is 1.84 bits per heavy atom. The van der Waals surface area contributed by atoms with E-state index in [4.69, 9.17) is 47.4 Å². The lowest BCUT2D eigenvalue weighted by Gasteiger charge is -2.45. The Morgan fingerprint density at radius 2 is 1.27 bits per heavy atom. The molecule has 4 unspecified atom stereocenters. The number of aliphatic hydroxyl groups excluding tert-OH is 5. The summed E-state index contributed by atoms with van der Waals surface area (Å²) in [6.45, 7) is 3.18. The van der Waals surface area contributed by atoms with E-state index >= 15 is 0 Å². The lowest BCUT2D eigenvalue weighted by molar-refractivity contribution is -0.354. The summed E-state index contributed by atoms with van der Waals surface area (Å²) in [7, 11) is 4.62. The third-order valence-corrected chi connectivity index (χ3v) is 9.95. The molecule has 282 valence electrons. The third-order valence-electron chi connectivity index (χ3n) is 9.95. The normalized spacial score (nSPS) is 37.8. The van der Waals surface area contributed by atoms with E-state index in [1.165, 1.54) is 21.0 Å². The number of carbonyl (C=O) groups excluding carboxylic acids is 1. The molecule has 0 radical (unpaired) electrons. The van der Waals surface area contributed by atoms with Gasteiger partial charge in [0.15, 0.2) is 35.4 Å². The molecule has 2 aromatic rings. The number of benzene rings is 2. The van der Waals surface area contributed by atoms with Crippen LogP contribution in [0.3, 0.4) is 0 Å². The van der Waals surface area contributed by atoms with Crippen molar-refractivity contribution in [2.45, 2.75) is 87.5 Å². The Morgan fingerprint density at radius 1 is 0.706 bits per heavy atom. The van der Waals surface area contributed by atoms with E-state index in [-0.39, 0.29) is 35.5 Å². The molecule has 4 saturated heterocycles. The van der Waals surface area contributed by atoms with Crippen LogP contribution in [-0.2, 0) is 33.2 Å². The molecule has 14 atom stereocenters. The van der Waals surface area contributed by atoms with Gasteiger partial charge in [-0.1, -0.05) is 12.1 Å². The lowest BCUT2D eigenvalue weighted by atomic mass is 9.85. The van der Waals surface area contributed by atoms with Gasteiger partial charge < -0.3 is 72.9 Å². The first-order valence-electron chi connectivity index (χ1n) is 16.8. The van der Waals surface area contributed by atoms with E-state index in [0.29, 0.717) is 24.7 Å². The second-order valence-corrected chi connectivity index (χ2v) is 13.1.